The third-order valence-electron chi connectivity index (χ3n) is 3.37. The van der Waals surface area contributed by atoms with Crippen LogP contribution in [0, 0.1) is 0 Å². The monoisotopic (exact) mass is 257 g/mol. The van der Waals surface area contributed by atoms with Crippen LogP contribution in [0.3, 0.4) is 0 Å². The fourth-order valence-electron chi connectivity index (χ4n) is 2.31. The van der Waals surface area contributed by atoms with Gasteiger partial charge in [-0.15, -0.1) is 0 Å². The van der Waals surface area contributed by atoms with E-state index >= 15 is 0 Å². The Morgan fingerprint density at radius 3 is 2.94 bits per heavy atom. The van der Waals surface area contributed by atoms with Crippen LogP contribution in [0.2, 0.25) is 0 Å². The predicted octanol–water partition coefficient (Wildman–Crippen LogP) is 0.467. The third-order valence-corrected chi connectivity index (χ3v) is 3.37. The van der Waals surface area contributed by atoms with E-state index in [0.29, 0.717) is 6.04 Å². The molecule has 5 nitrogen and oxygen atoms in total. The molecular weight excluding hydrogens is 230 g/mol. The van der Waals surface area contributed by atoms with Crippen LogP contribution in [-0.4, -0.2) is 73.7 Å². The molecule has 0 amide bonds. The van der Waals surface area contributed by atoms with Crippen LogP contribution in [0.25, 0.3) is 0 Å². The molecule has 1 fully saturated rings. The molecule has 0 aliphatic carbocycles. The molecule has 1 aliphatic rings. The first-order valence-corrected chi connectivity index (χ1v) is 6.90. The van der Waals surface area contributed by atoms with Gasteiger partial charge in [-0.05, 0) is 46.4 Å². The first-order valence-electron chi connectivity index (χ1n) is 6.90. The Hall–Kier alpha value is -0.650. The van der Waals surface area contributed by atoms with Gasteiger partial charge >= 0.3 is 5.97 Å². The topological polar surface area (TPSA) is 55.8 Å². The molecule has 0 aromatic heterocycles. The van der Waals surface area contributed by atoms with Gasteiger partial charge in [0, 0.05) is 32.1 Å². The highest BCUT2D eigenvalue weighted by atomic mass is 16.4. The second-order valence-electron chi connectivity index (χ2n) is 5.39. The van der Waals surface area contributed by atoms with Gasteiger partial charge in [0.05, 0.1) is 0 Å². The number of likely N-dealkylation sites (tertiary alicyclic amines) is 1. The molecule has 1 rings (SSSR count). The highest BCUT2D eigenvalue weighted by Crippen LogP contribution is 2.09. The molecule has 0 aromatic rings. The molecule has 0 bridgehead atoms. The lowest BCUT2D eigenvalue weighted by Crippen LogP contribution is -2.47. The Morgan fingerprint density at radius 1 is 1.50 bits per heavy atom. The number of hydrogen-bond donors (Lipinski definition) is 2. The summed E-state index contributed by atoms with van der Waals surface area (Å²) in [5.74, 6) is -0.701. The standard InChI is InChI=1S/C13H27N3O2/c1-15(2)9-10-16-8-4-5-12(11-16)14-7-3-6-13(17)18/h12,14H,3-11H2,1-2H3,(H,17,18). The van der Waals surface area contributed by atoms with Crippen molar-refractivity contribution in [3.05, 3.63) is 0 Å². The third kappa shape index (κ3) is 6.93. The largest absolute Gasteiger partial charge is 0.481 e. The van der Waals surface area contributed by atoms with Crippen molar-refractivity contribution >= 4 is 5.97 Å². The summed E-state index contributed by atoms with van der Waals surface area (Å²) >= 11 is 0. The van der Waals surface area contributed by atoms with Crippen LogP contribution in [-0.2, 0) is 4.79 Å². The molecule has 0 radical (unpaired) electrons. The van der Waals surface area contributed by atoms with Crippen molar-refractivity contribution < 1.29 is 9.90 Å². The Labute approximate surface area is 110 Å². The van der Waals surface area contributed by atoms with Gasteiger partial charge in [-0.25, -0.2) is 0 Å². The van der Waals surface area contributed by atoms with Crippen molar-refractivity contribution in [2.24, 2.45) is 0 Å². The van der Waals surface area contributed by atoms with Crippen molar-refractivity contribution in [3.63, 3.8) is 0 Å². The van der Waals surface area contributed by atoms with E-state index in [1.807, 2.05) is 0 Å². The van der Waals surface area contributed by atoms with Crippen molar-refractivity contribution in [1.29, 1.82) is 0 Å². The van der Waals surface area contributed by atoms with Crippen LogP contribution < -0.4 is 5.32 Å². The summed E-state index contributed by atoms with van der Waals surface area (Å²) in [6.07, 6.45) is 3.45. The van der Waals surface area contributed by atoms with Crippen molar-refractivity contribution in [2.45, 2.75) is 31.7 Å². The number of likely N-dealkylation sites (N-methyl/N-ethyl adjacent to an activating group) is 1. The van der Waals surface area contributed by atoms with E-state index in [9.17, 15) is 4.79 Å². The maximum atomic E-state index is 10.4. The minimum atomic E-state index is -0.701. The number of hydrogen-bond acceptors (Lipinski definition) is 4. The zero-order valence-corrected chi connectivity index (χ0v) is 11.7. The number of rotatable bonds is 8. The minimum absolute atomic E-state index is 0.268. The summed E-state index contributed by atoms with van der Waals surface area (Å²) in [5, 5.41) is 12.0. The summed E-state index contributed by atoms with van der Waals surface area (Å²) in [4.78, 5) is 15.1. The van der Waals surface area contributed by atoms with E-state index in [1.54, 1.807) is 0 Å². The second-order valence-corrected chi connectivity index (χ2v) is 5.39. The first-order chi connectivity index (χ1) is 8.58. The lowest BCUT2D eigenvalue weighted by molar-refractivity contribution is -0.137. The number of nitrogens with one attached hydrogen (secondary N) is 1. The first kappa shape index (κ1) is 15.4. The molecule has 1 atom stereocenters. The van der Waals surface area contributed by atoms with E-state index in [1.165, 1.54) is 19.4 Å². The minimum Gasteiger partial charge on any atom is -0.481 e. The fraction of sp³-hybridized carbons (Fsp3) is 0.923. The maximum Gasteiger partial charge on any atom is 0.303 e. The van der Waals surface area contributed by atoms with E-state index in [2.05, 4.69) is 29.2 Å². The smallest absolute Gasteiger partial charge is 0.303 e. The Morgan fingerprint density at radius 2 is 2.28 bits per heavy atom. The molecule has 0 saturated carbocycles. The molecule has 1 heterocycles. The molecular formula is C13H27N3O2. The van der Waals surface area contributed by atoms with Gasteiger partial charge in [0.15, 0.2) is 0 Å². The summed E-state index contributed by atoms with van der Waals surface area (Å²) < 4.78 is 0. The van der Waals surface area contributed by atoms with E-state index in [-0.39, 0.29) is 6.42 Å². The number of carboxylic acid groups (broad SMARTS) is 1. The molecule has 1 aliphatic heterocycles. The van der Waals surface area contributed by atoms with Gasteiger partial charge in [0.25, 0.3) is 0 Å². The van der Waals surface area contributed by atoms with Crippen LogP contribution in [0.1, 0.15) is 25.7 Å². The Balaban J connectivity index is 2.12. The van der Waals surface area contributed by atoms with Crippen molar-refractivity contribution in [3.8, 4) is 0 Å². The van der Waals surface area contributed by atoms with Gasteiger partial charge in [-0.2, -0.15) is 0 Å². The van der Waals surface area contributed by atoms with Crippen LogP contribution in [0.4, 0.5) is 0 Å². The van der Waals surface area contributed by atoms with Crippen molar-refractivity contribution in [2.75, 3.05) is 46.8 Å². The average Bonchev–Trinajstić information content (AvgIpc) is 2.32. The van der Waals surface area contributed by atoms with Gasteiger partial charge < -0.3 is 20.2 Å². The van der Waals surface area contributed by atoms with E-state index < -0.39 is 5.97 Å². The Bertz CT molecular complexity index is 246. The Kier molecular flexibility index (Phi) is 7.23. The van der Waals surface area contributed by atoms with E-state index in [0.717, 1.165) is 32.6 Å². The number of carbonyl (C=O) groups is 1. The number of piperidine rings is 1. The average molecular weight is 257 g/mol. The van der Waals surface area contributed by atoms with Crippen LogP contribution in [0.5, 0.6) is 0 Å². The molecule has 5 heteroatoms. The number of aliphatic carboxylic acids is 1. The summed E-state index contributed by atoms with van der Waals surface area (Å²) in [6.45, 7) is 5.34. The highest BCUT2D eigenvalue weighted by molar-refractivity contribution is 5.66. The number of carboxylic acids is 1. The lowest BCUT2D eigenvalue weighted by atomic mass is 10.1. The van der Waals surface area contributed by atoms with Gasteiger partial charge in [-0.3, -0.25) is 4.79 Å². The van der Waals surface area contributed by atoms with E-state index in [4.69, 9.17) is 5.11 Å². The van der Waals surface area contributed by atoms with Gasteiger partial charge in [0.1, 0.15) is 0 Å². The second kappa shape index (κ2) is 8.45. The molecule has 1 unspecified atom stereocenters. The SMILES string of the molecule is CN(C)CCN1CCCC(NCCCC(=O)O)C1. The zero-order chi connectivity index (χ0) is 13.4. The molecule has 0 spiro atoms. The summed E-state index contributed by atoms with van der Waals surface area (Å²) in [7, 11) is 4.21. The lowest BCUT2D eigenvalue weighted by Gasteiger charge is -2.33. The normalized spacial score (nSPS) is 21.4. The molecule has 18 heavy (non-hydrogen) atoms. The van der Waals surface area contributed by atoms with Crippen LogP contribution in [0.15, 0.2) is 0 Å². The van der Waals surface area contributed by atoms with Crippen molar-refractivity contribution in [1.82, 2.24) is 15.1 Å². The predicted molar refractivity (Wildman–Crippen MR) is 72.9 cm³/mol. The highest BCUT2D eigenvalue weighted by Gasteiger charge is 2.18. The fourth-order valence-corrected chi connectivity index (χ4v) is 2.31. The van der Waals surface area contributed by atoms with Crippen LogP contribution >= 0.6 is 0 Å². The molecule has 106 valence electrons. The maximum absolute atomic E-state index is 10.4. The van der Waals surface area contributed by atoms with Gasteiger partial charge in [0.2, 0.25) is 0 Å². The molecule has 1 saturated heterocycles. The number of nitrogens with zero attached hydrogens (tertiary/aromatic N) is 2. The molecule has 0 aromatic carbocycles. The summed E-state index contributed by atoms with van der Waals surface area (Å²) in [5.41, 5.74) is 0. The zero-order valence-electron chi connectivity index (χ0n) is 11.7. The molecule has 2 N–H and O–H groups in total. The summed E-state index contributed by atoms with van der Waals surface area (Å²) in [6, 6.07) is 0.537. The van der Waals surface area contributed by atoms with Gasteiger partial charge in [-0.1, -0.05) is 0 Å². The quantitative estimate of drug-likeness (QED) is 0.619.